The van der Waals surface area contributed by atoms with E-state index < -0.39 is 0 Å². The summed E-state index contributed by atoms with van der Waals surface area (Å²) in [4.78, 5) is 44.5. The predicted molar refractivity (Wildman–Crippen MR) is 150 cm³/mol. The Morgan fingerprint density at radius 3 is 2.61 bits per heavy atom. The molecule has 0 bridgehead atoms. The lowest BCUT2D eigenvalue weighted by molar-refractivity contribution is -0.150. The topological polar surface area (TPSA) is 86.0 Å². The summed E-state index contributed by atoms with van der Waals surface area (Å²) in [5.41, 5.74) is 1.20. The fraction of sp³-hybridized carbons (Fsp3) is 0.536. The minimum Gasteiger partial charge on any atom is -0.495 e. The normalized spacial score (nSPS) is 17.6. The monoisotopic (exact) mass is 540 g/mol. The molecule has 10 heteroatoms. The van der Waals surface area contributed by atoms with Gasteiger partial charge in [-0.3, -0.25) is 23.6 Å². The molecule has 9 nitrogen and oxygen atoms in total. The van der Waals surface area contributed by atoms with Crippen molar-refractivity contribution in [2.24, 2.45) is 0 Å². The van der Waals surface area contributed by atoms with Gasteiger partial charge in [-0.25, -0.2) is 4.79 Å². The van der Waals surface area contributed by atoms with Crippen LogP contribution < -0.4 is 20.9 Å². The fourth-order valence-electron chi connectivity index (χ4n) is 5.48. The number of piperazine rings is 1. The summed E-state index contributed by atoms with van der Waals surface area (Å²) in [6, 6.07) is 8.03. The third-order valence-corrected chi connectivity index (χ3v) is 8.67. The number of para-hydroxylation sites is 2. The maximum atomic E-state index is 13.4. The Balaban J connectivity index is 1.26. The molecule has 0 N–H and O–H groups in total. The van der Waals surface area contributed by atoms with Crippen LogP contribution >= 0.6 is 11.3 Å². The summed E-state index contributed by atoms with van der Waals surface area (Å²) in [6.45, 7) is 6.91. The number of carbonyl (C=O) groups excluding carboxylic acids is 1. The van der Waals surface area contributed by atoms with Crippen LogP contribution in [0.3, 0.4) is 0 Å². The van der Waals surface area contributed by atoms with Crippen LogP contribution in [0.1, 0.15) is 50.0 Å². The van der Waals surface area contributed by atoms with Gasteiger partial charge in [-0.1, -0.05) is 31.9 Å². The van der Waals surface area contributed by atoms with Crippen molar-refractivity contribution in [2.45, 2.75) is 58.2 Å². The van der Waals surface area contributed by atoms with E-state index in [1.165, 1.54) is 15.9 Å². The molecule has 0 radical (unpaired) electrons. The van der Waals surface area contributed by atoms with E-state index in [2.05, 4.69) is 22.8 Å². The summed E-state index contributed by atoms with van der Waals surface area (Å²) in [5, 5.41) is 2.35. The number of nitrogens with zero attached hydrogens (tertiary/aromatic N) is 4. The van der Waals surface area contributed by atoms with Gasteiger partial charge in [0.15, 0.2) is 0 Å². The number of esters is 1. The number of aromatic nitrogens is 2. The second kappa shape index (κ2) is 11.7. The van der Waals surface area contributed by atoms with Crippen molar-refractivity contribution in [3.05, 3.63) is 55.4 Å². The molecule has 1 atom stereocenters. The highest BCUT2D eigenvalue weighted by molar-refractivity contribution is 7.11. The number of anilines is 1. The second-order valence-corrected chi connectivity index (χ2v) is 10.9. The molecule has 0 saturated carbocycles. The maximum Gasteiger partial charge on any atom is 0.331 e. The third-order valence-electron chi connectivity index (χ3n) is 7.60. The molecular formula is C28H36N4O5S. The van der Waals surface area contributed by atoms with E-state index in [0.29, 0.717) is 43.4 Å². The number of methoxy groups -OCH3 is 1. The molecule has 38 heavy (non-hydrogen) atoms. The SMILES string of the molecule is CCCCCC(=O)OC1CCn2c(=O)n(CCN3CCN(c4ccccc4OC)CC3)c(=O)c3csc1c32. The van der Waals surface area contributed by atoms with Gasteiger partial charge in [0.2, 0.25) is 0 Å². The van der Waals surface area contributed by atoms with Crippen LogP contribution in [-0.2, 0) is 22.6 Å². The minimum absolute atomic E-state index is 0.208. The van der Waals surface area contributed by atoms with E-state index in [-0.39, 0.29) is 23.3 Å². The number of rotatable bonds is 10. The van der Waals surface area contributed by atoms with Gasteiger partial charge in [-0.05, 0) is 18.6 Å². The van der Waals surface area contributed by atoms with Crippen LogP contribution in [0.15, 0.2) is 39.2 Å². The lowest BCUT2D eigenvalue weighted by Gasteiger charge is -2.36. The van der Waals surface area contributed by atoms with Gasteiger partial charge < -0.3 is 14.4 Å². The number of aryl methyl sites for hydroxylation is 1. The van der Waals surface area contributed by atoms with Crippen LogP contribution in [0, 0.1) is 0 Å². The van der Waals surface area contributed by atoms with E-state index >= 15 is 0 Å². The molecule has 0 aliphatic carbocycles. The zero-order chi connectivity index (χ0) is 26.6. The van der Waals surface area contributed by atoms with E-state index in [1.807, 2.05) is 23.6 Å². The lowest BCUT2D eigenvalue weighted by Crippen LogP contribution is -2.49. The highest BCUT2D eigenvalue weighted by Gasteiger charge is 2.30. The summed E-state index contributed by atoms with van der Waals surface area (Å²) in [6.07, 6.45) is 3.42. The Labute approximate surface area is 226 Å². The van der Waals surface area contributed by atoms with Gasteiger partial charge in [0.25, 0.3) is 5.56 Å². The summed E-state index contributed by atoms with van der Waals surface area (Å²) in [5.74, 6) is 0.659. The van der Waals surface area contributed by atoms with Crippen molar-refractivity contribution in [1.82, 2.24) is 14.0 Å². The molecule has 2 aliphatic heterocycles. The number of carbonyl (C=O) groups is 1. The Bertz CT molecular complexity index is 1400. The maximum absolute atomic E-state index is 13.4. The van der Waals surface area contributed by atoms with Crippen LogP contribution in [-0.4, -0.2) is 59.8 Å². The smallest absolute Gasteiger partial charge is 0.331 e. The first-order valence-electron chi connectivity index (χ1n) is 13.6. The van der Waals surface area contributed by atoms with E-state index in [9.17, 15) is 14.4 Å². The number of unbranched alkanes of at least 4 members (excludes halogenated alkanes) is 2. The van der Waals surface area contributed by atoms with Crippen molar-refractivity contribution >= 4 is 33.9 Å². The van der Waals surface area contributed by atoms with Gasteiger partial charge >= 0.3 is 11.7 Å². The first-order valence-corrected chi connectivity index (χ1v) is 14.4. The lowest BCUT2D eigenvalue weighted by atomic mass is 10.1. The largest absolute Gasteiger partial charge is 0.495 e. The molecule has 1 fully saturated rings. The average Bonchev–Trinajstić information content (AvgIpc) is 3.39. The third kappa shape index (κ3) is 5.24. The van der Waals surface area contributed by atoms with Crippen LogP contribution in [0.5, 0.6) is 5.75 Å². The van der Waals surface area contributed by atoms with Crippen molar-refractivity contribution < 1.29 is 14.3 Å². The number of hydrogen-bond donors (Lipinski definition) is 0. The highest BCUT2D eigenvalue weighted by atomic mass is 32.1. The molecule has 1 unspecified atom stereocenters. The number of thiophene rings is 1. The molecule has 0 spiro atoms. The first-order chi connectivity index (χ1) is 18.5. The van der Waals surface area contributed by atoms with Gasteiger partial charge in [0, 0.05) is 64.0 Å². The zero-order valence-corrected chi connectivity index (χ0v) is 23.0. The summed E-state index contributed by atoms with van der Waals surface area (Å²) >= 11 is 1.41. The summed E-state index contributed by atoms with van der Waals surface area (Å²) < 4.78 is 14.4. The van der Waals surface area contributed by atoms with Crippen molar-refractivity contribution in [2.75, 3.05) is 44.7 Å². The molecule has 0 amide bonds. The van der Waals surface area contributed by atoms with E-state index in [0.717, 1.165) is 61.8 Å². The Hall–Kier alpha value is -3.11. The fourth-order valence-corrected chi connectivity index (χ4v) is 6.58. The average molecular weight is 541 g/mol. The molecule has 3 aromatic rings. The van der Waals surface area contributed by atoms with Crippen LogP contribution in [0.2, 0.25) is 0 Å². The highest BCUT2D eigenvalue weighted by Crippen LogP contribution is 2.37. The molecular weight excluding hydrogens is 504 g/mol. The molecule has 2 aromatic heterocycles. The quantitative estimate of drug-likeness (QED) is 0.287. The number of ether oxygens (including phenoxy) is 2. The van der Waals surface area contributed by atoms with Gasteiger partial charge in [0.05, 0.1) is 28.6 Å². The van der Waals surface area contributed by atoms with E-state index in [4.69, 9.17) is 9.47 Å². The molecule has 4 heterocycles. The molecule has 2 aliphatic rings. The summed E-state index contributed by atoms with van der Waals surface area (Å²) in [7, 11) is 1.69. The van der Waals surface area contributed by atoms with Crippen LogP contribution in [0.25, 0.3) is 10.9 Å². The van der Waals surface area contributed by atoms with Crippen molar-refractivity contribution in [3.8, 4) is 5.75 Å². The minimum atomic E-state index is -0.388. The first kappa shape index (κ1) is 26.5. The van der Waals surface area contributed by atoms with Crippen LogP contribution in [0.4, 0.5) is 5.69 Å². The van der Waals surface area contributed by atoms with Crippen molar-refractivity contribution in [3.63, 3.8) is 0 Å². The molecule has 204 valence electrons. The van der Waals surface area contributed by atoms with Gasteiger partial charge in [-0.15, -0.1) is 11.3 Å². The number of benzene rings is 1. The standard InChI is InChI=1S/C28H36N4O5S/c1-3-4-5-10-24(33)37-23-11-12-31-25-20(19-38-26(23)25)27(34)32(28(31)35)18-15-29-13-16-30(17-14-29)21-8-6-7-9-22(21)36-2/h6-9,19,23H,3-5,10-18H2,1-2H3. The van der Waals surface area contributed by atoms with E-state index in [1.54, 1.807) is 11.7 Å². The number of hydrogen-bond acceptors (Lipinski definition) is 8. The second-order valence-electron chi connectivity index (χ2n) is 9.98. The van der Waals surface area contributed by atoms with Gasteiger partial charge in [0.1, 0.15) is 11.9 Å². The predicted octanol–water partition coefficient (Wildman–Crippen LogP) is 3.62. The Kier molecular flexibility index (Phi) is 8.18. The molecule has 1 saturated heterocycles. The Morgan fingerprint density at radius 2 is 1.84 bits per heavy atom. The molecule has 5 rings (SSSR count). The van der Waals surface area contributed by atoms with Gasteiger partial charge in [-0.2, -0.15) is 0 Å². The molecule has 1 aromatic carbocycles. The van der Waals surface area contributed by atoms with Crippen molar-refractivity contribution in [1.29, 1.82) is 0 Å². The zero-order valence-electron chi connectivity index (χ0n) is 22.2. The Morgan fingerprint density at radius 1 is 1.05 bits per heavy atom.